The average Bonchev–Trinajstić information content (AvgIpc) is 2.42. The number of methoxy groups -OCH3 is 1. The van der Waals surface area contributed by atoms with Crippen molar-refractivity contribution in [1.29, 1.82) is 0 Å². The fourth-order valence-electron chi connectivity index (χ4n) is 1.47. The number of benzene rings is 1. The van der Waals surface area contributed by atoms with Gasteiger partial charge in [-0.25, -0.2) is 0 Å². The van der Waals surface area contributed by atoms with E-state index in [0.717, 1.165) is 0 Å². The number of carbonyl (C=O) groups excluding carboxylic acids is 1. The van der Waals surface area contributed by atoms with E-state index in [1.54, 1.807) is 7.11 Å². The number of halogens is 1. The SMILES string of the molecule is COc1ccccc1OCCNC(=O)C(Br)C(C)C. The third kappa shape index (κ3) is 5.11. The van der Waals surface area contributed by atoms with Gasteiger partial charge in [-0.2, -0.15) is 0 Å². The van der Waals surface area contributed by atoms with Gasteiger partial charge in [0.15, 0.2) is 11.5 Å². The predicted octanol–water partition coefficient (Wildman–Crippen LogP) is 2.61. The summed E-state index contributed by atoms with van der Waals surface area (Å²) in [6.07, 6.45) is 0. The van der Waals surface area contributed by atoms with Gasteiger partial charge >= 0.3 is 0 Å². The van der Waals surface area contributed by atoms with Crippen molar-refractivity contribution in [2.24, 2.45) is 5.92 Å². The molecule has 1 aromatic carbocycles. The largest absolute Gasteiger partial charge is 0.493 e. The van der Waals surface area contributed by atoms with Gasteiger partial charge in [-0.3, -0.25) is 4.79 Å². The molecule has 19 heavy (non-hydrogen) atoms. The summed E-state index contributed by atoms with van der Waals surface area (Å²) in [5, 5.41) is 2.82. The first-order valence-electron chi connectivity index (χ1n) is 6.24. The summed E-state index contributed by atoms with van der Waals surface area (Å²) in [6.45, 7) is 4.85. The average molecular weight is 330 g/mol. The van der Waals surface area contributed by atoms with E-state index in [2.05, 4.69) is 21.2 Å². The van der Waals surface area contributed by atoms with Gasteiger partial charge < -0.3 is 14.8 Å². The molecule has 1 N–H and O–H groups in total. The summed E-state index contributed by atoms with van der Waals surface area (Å²) in [5.74, 6) is 1.61. The topological polar surface area (TPSA) is 47.6 Å². The molecule has 0 aliphatic rings. The molecule has 4 nitrogen and oxygen atoms in total. The highest BCUT2D eigenvalue weighted by Crippen LogP contribution is 2.25. The molecule has 1 amide bonds. The number of ether oxygens (including phenoxy) is 2. The second-order valence-corrected chi connectivity index (χ2v) is 5.42. The molecule has 0 fully saturated rings. The zero-order valence-corrected chi connectivity index (χ0v) is 13.1. The molecule has 106 valence electrons. The van der Waals surface area contributed by atoms with E-state index in [9.17, 15) is 4.79 Å². The van der Waals surface area contributed by atoms with Gasteiger partial charge in [0.05, 0.1) is 18.5 Å². The van der Waals surface area contributed by atoms with Crippen molar-refractivity contribution >= 4 is 21.8 Å². The van der Waals surface area contributed by atoms with Crippen molar-refractivity contribution in [3.8, 4) is 11.5 Å². The van der Waals surface area contributed by atoms with Crippen LogP contribution in [0.25, 0.3) is 0 Å². The molecule has 0 spiro atoms. The maximum absolute atomic E-state index is 11.7. The van der Waals surface area contributed by atoms with Crippen molar-refractivity contribution in [2.45, 2.75) is 18.7 Å². The first-order valence-corrected chi connectivity index (χ1v) is 7.15. The van der Waals surface area contributed by atoms with E-state index in [1.165, 1.54) is 0 Å². The summed E-state index contributed by atoms with van der Waals surface area (Å²) in [4.78, 5) is 11.5. The molecule has 0 saturated heterocycles. The Morgan fingerprint density at radius 1 is 1.32 bits per heavy atom. The van der Waals surface area contributed by atoms with Gasteiger partial charge in [0.2, 0.25) is 5.91 Å². The fourth-order valence-corrected chi connectivity index (χ4v) is 1.64. The standard InChI is InChI=1S/C14H20BrNO3/c1-10(2)13(15)14(17)16-8-9-19-12-7-5-4-6-11(12)18-3/h4-7,10,13H,8-9H2,1-3H3,(H,16,17). The van der Waals surface area contributed by atoms with Crippen LogP contribution in [0.4, 0.5) is 0 Å². The number of amides is 1. The molecule has 0 aliphatic heterocycles. The summed E-state index contributed by atoms with van der Waals surface area (Å²) in [6, 6.07) is 7.43. The van der Waals surface area contributed by atoms with Crippen molar-refractivity contribution in [2.75, 3.05) is 20.3 Å². The van der Waals surface area contributed by atoms with Crippen LogP contribution in [0.5, 0.6) is 11.5 Å². The maximum Gasteiger partial charge on any atom is 0.234 e. The molecule has 1 unspecified atom stereocenters. The van der Waals surface area contributed by atoms with E-state index in [4.69, 9.17) is 9.47 Å². The third-order valence-corrected chi connectivity index (χ3v) is 4.04. The van der Waals surface area contributed by atoms with Crippen LogP contribution in [-0.4, -0.2) is 31.0 Å². The van der Waals surface area contributed by atoms with Crippen molar-refractivity contribution < 1.29 is 14.3 Å². The highest BCUT2D eigenvalue weighted by molar-refractivity contribution is 9.10. The predicted molar refractivity (Wildman–Crippen MR) is 79.1 cm³/mol. The molecule has 1 aromatic rings. The van der Waals surface area contributed by atoms with Crippen LogP contribution >= 0.6 is 15.9 Å². The van der Waals surface area contributed by atoms with Crippen LogP contribution in [0.3, 0.4) is 0 Å². The lowest BCUT2D eigenvalue weighted by Gasteiger charge is -2.14. The quantitative estimate of drug-likeness (QED) is 0.618. The van der Waals surface area contributed by atoms with Gasteiger partial charge in [0.1, 0.15) is 6.61 Å². The Balaban J connectivity index is 2.33. The fraction of sp³-hybridized carbons (Fsp3) is 0.500. The van der Waals surface area contributed by atoms with Gasteiger partial charge in [-0.15, -0.1) is 0 Å². The van der Waals surface area contributed by atoms with Gasteiger partial charge in [0.25, 0.3) is 0 Å². The van der Waals surface area contributed by atoms with Crippen molar-refractivity contribution in [1.82, 2.24) is 5.32 Å². The van der Waals surface area contributed by atoms with E-state index >= 15 is 0 Å². The second kappa shape index (κ2) is 8.04. The summed E-state index contributed by atoms with van der Waals surface area (Å²) >= 11 is 3.35. The molecule has 1 atom stereocenters. The molecule has 0 aromatic heterocycles. The number of para-hydroxylation sites is 2. The highest BCUT2D eigenvalue weighted by atomic mass is 79.9. The number of hydrogen-bond donors (Lipinski definition) is 1. The Hall–Kier alpha value is -1.23. The Kier molecular flexibility index (Phi) is 6.70. The number of carbonyl (C=O) groups is 1. The normalized spacial score (nSPS) is 12.1. The van der Waals surface area contributed by atoms with Gasteiger partial charge in [0, 0.05) is 0 Å². The van der Waals surface area contributed by atoms with Crippen molar-refractivity contribution in [3.63, 3.8) is 0 Å². The lowest BCUT2D eigenvalue weighted by atomic mass is 10.1. The first-order chi connectivity index (χ1) is 9.06. The molecule has 0 radical (unpaired) electrons. The lowest BCUT2D eigenvalue weighted by Crippen LogP contribution is -2.36. The maximum atomic E-state index is 11.7. The minimum Gasteiger partial charge on any atom is -0.493 e. The van der Waals surface area contributed by atoms with Crippen LogP contribution in [0.1, 0.15) is 13.8 Å². The van der Waals surface area contributed by atoms with Crippen LogP contribution in [0, 0.1) is 5.92 Å². The number of nitrogens with one attached hydrogen (secondary N) is 1. The van der Waals surface area contributed by atoms with Crippen molar-refractivity contribution in [3.05, 3.63) is 24.3 Å². The molecule has 5 heteroatoms. The molecule has 0 saturated carbocycles. The minimum atomic E-state index is -0.168. The first kappa shape index (κ1) is 15.8. The second-order valence-electron chi connectivity index (χ2n) is 4.44. The van der Waals surface area contributed by atoms with Crippen LogP contribution in [0.15, 0.2) is 24.3 Å². The smallest absolute Gasteiger partial charge is 0.234 e. The van der Waals surface area contributed by atoms with Crippen LogP contribution in [0.2, 0.25) is 0 Å². The Morgan fingerprint density at radius 2 is 1.95 bits per heavy atom. The minimum absolute atomic E-state index is 0.0152. The van der Waals surface area contributed by atoms with Crippen LogP contribution < -0.4 is 14.8 Å². The Bertz CT molecular complexity index is 409. The Morgan fingerprint density at radius 3 is 2.53 bits per heavy atom. The van der Waals surface area contributed by atoms with E-state index in [0.29, 0.717) is 24.7 Å². The molecule has 0 bridgehead atoms. The zero-order valence-electron chi connectivity index (χ0n) is 11.5. The molecule has 1 rings (SSSR count). The summed E-state index contributed by atoms with van der Waals surface area (Å²) in [5.41, 5.74) is 0. The summed E-state index contributed by atoms with van der Waals surface area (Å²) in [7, 11) is 1.60. The van der Waals surface area contributed by atoms with E-state index < -0.39 is 0 Å². The zero-order chi connectivity index (χ0) is 14.3. The number of rotatable bonds is 7. The van der Waals surface area contributed by atoms with Gasteiger partial charge in [-0.1, -0.05) is 41.9 Å². The number of alkyl halides is 1. The molecule has 0 heterocycles. The van der Waals surface area contributed by atoms with E-state index in [1.807, 2.05) is 38.1 Å². The number of hydrogen-bond acceptors (Lipinski definition) is 3. The molecular weight excluding hydrogens is 310 g/mol. The highest BCUT2D eigenvalue weighted by Gasteiger charge is 2.17. The van der Waals surface area contributed by atoms with Gasteiger partial charge in [-0.05, 0) is 18.1 Å². The lowest BCUT2D eigenvalue weighted by molar-refractivity contribution is -0.121. The molecule has 0 aliphatic carbocycles. The third-order valence-electron chi connectivity index (χ3n) is 2.56. The Labute approximate surface area is 122 Å². The molecular formula is C14H20BrNO3. The van der Waals surface area contributed by atoms with E-state index in [-0.39, 0.29) is 16.7 Å². The van der Waals surface area contributed by atoms with Crippen LogP contribution in [-0.2, 0) is 4.79 Å². The monoisotopic (exact) mass is 329 g/mol. The summed E-state index contributed by atoms with van der Waals surface area (Å²) < 4.78 is 10.7.